The average molecular weight is 315 g/mol. The minimum atomic E-state index is 0.871. The lowest BCUT2D eigenvalue weighted by atomic mass is 10.0. The molecular weight excluding hydrogens is 270 g/mol. The Labute approximate surface area is 141 Å². The molecule has 0 spiro atoms. The first kappa shape index (κ1) is 21.9. The molecule has 22 heavy (non-hydrogen) atoms. The van der Waals surface area contributed by atoms with Gasteiger partial charge in [0.15, 0.2) is 0 Å². The Morgan fingerprint density at radius 1 is 0.545 bits per heavy atom. The van der Waals surface area contributed by atoms with E-state index >= 15 is 0 Å². The fraction of sp³-hybridized carbons (Fsp3) is 1.00. The van der Waals surface area contributed by atoms with Crippen LogP contribution in [0.4, 0.5) is 0 Å². The summed E-state index contributed by atoms with van der Waals surface area (Å²) in [6.45, 7) is 5.23. The van der Waals surface area contributed by atoms with Gasteiger partial charge in [0.05, 0.1) is 27.7 Å². The van der Waals surface area contributed by atoms with Crippen LogP contribution in [0, 0.1) is 0 Å². The first-order chi connectivity index (χ1) is 10.6. The quantitative estimate of drug-likeness (QED) is 0.243. The molecule has 0 heterocycles. The Kier molecular flexibility index (Phi) is 15.7. The van der Waals surface area contributed by atoms with E-state index in [0.717, 1.165) is 17.7 Å². The van der Waals surface area contributed by atoms with Crippen molar-refractivity contribution in [1.29, 1.82) is 0 Å². The molecule has 0 aromatic carbocycles. The Hall–Kier alpha value is -0.0800. The molecule has 0 bridgehead atoms. The first-order valence-corrected chi connectivity index (χ1v) is 9.94. The van der Waals surface area contributed by atoms with Crippen molar-refractivity contribution in [2.45, 2.75) is 90.4 Å². The van der Waals surface area contributed by atoms with Gasteiger partial charge in [-0.2, -0.15) is 0 Å². The predicted octanol–water partition coefficient (Wildman–Crippen LogP) is 5.80. The van der Waals surface area contributed by atoms with Crippen LogP contribution in [0.25, 0.3) is 0 Å². The highest BCUT2D eigenvalue weighted by molar-refractivity contribution is 4.49. The third kappa shape index (κ3) is 19.9. The molecular formula is C20H44NO+. The smallest absolute Gasteiger partial charge is 0.0780 e. The summed E-state index contributed by atoms with van der Waals surface area (Å²) in [7, 11) is 6.87. The SMILES string of the molecule is CCOCCCCCCCCCCCCCCC[N+](C)(C)C. The van der Waals surface area contributed by atoms with E-state index in [9.17, 15) is 0 Å². The lowest BCUT2D eigenvalue weighted by molar-refractivity contribution is -0.870. The fourth-order valence-electron chi connectivity index (χ4n) is 2.88. The second kappa shape index (κ2) is 15.8. The summed E-state index contributed by atoms with van der Waals surface area (Å²) >= 11 is 0. The van der Waals surface area contributed by atoms with Gasteiger partial charge in [0.25, 0.3) is 0 Å². The van der Waals surface area contributed by atoms with E-state index in [1.807, 2.05) is 0 Å². The van der Waals surface area contributed by atoms with Gasteiger partial charge in [0.2, 0.25) is 0 Å². The third-order valence-electron chi connectivity index (χ3n) is 4.32. The molecule has 0 aliphatic rings. The summed E-state index contributed by atoms with van der Waals surface area (Å²) in [5.74, 6) is 0. The predicted molar refractivity (Wildman–Crippen MR) is 99.4 cm³/mol. The first-order valence-electron chi connectivity index (χ1n) is 9.94. The molecule has 2 heteroatoms. The van der Waals surface area contributed by atoms with Crippen molar-refractivity contribution in [1.82, 2.24) is 0 Å². The normalized spacial score (nSPS) is 12.0. The zero-order valence-electron chi connectivity index (χ0n) is 16.2. The molecule has 134 valence electrons. The van der Waals surface area contributed by atoms with Gasteiger partial charge in [0.1, 0.15) is 0 Å². The highest BCUT2D eigenvalue weighted by Gasteiger charge is 2.04. The van der Waals surface area contributed by atoms with Gasteiger partial charge < -0.3 is 9.22 Å². The van der Waals surface area contributed by atoms with Gasteiger partial charge in [0, 0.05) is 13.2 Å². The van der Waals surface area contributed by atoms with Gasteiger partial charge in [-0.1, -0.05) is 64.2 Å². The molecule has 2 nitrogen and oxygen atoms in total. The molecule has 0 saturated carbocycles. The largest absolute Gasteiger partial charge is 0.382 e. The van der Waals surface area contributed by atoms with Crippen molar-refractivity contribution in [3.8, 4) is 0 Å². The van der Waals surface area contributed by atoms with Crippen LogP contribution in [0.1, 0.15) is 90.4 Å². The summed E-state index contributed by atoms with van der Waals surface area (Å²) in [5, 5.41) is 0. The molecule has 0 aliphatic heterocycles. The van der Waals surface area contributed by atoms with Crippen LogP contribution >= 0.6 is 0 Å². The van der Waals surface area contributed by atoms with Crippen LogP contribution in [0.15, 0.2) is 0 Å². The Morgan fingerprint density at radius 2 is 0.909 bits per heavy atom. The zero-order valence-corrected chi connectivity index (χ0v) is 16.2. The lowest BCUT2D eigenvalue weighted by Gasteiger charge is -2.23. The monoisotopic (exact) mass is 314 g/mol. The van der Waals surface area contributed by atoms with Crippen LogP contribution in [0.3, 0.4) is 0 Å². The Morgan fingerprint density at radius 3 is 1.27 bits per heavy atom. The Balaban J connectivity index is 3.00. The molecule has 0 atom stereocenters. The van der Waals surface area contributed by atoms with Crippen LogP contribution in [-0.4, -0.2) is 45.4 Å². The van der Waals surface area contributed by atoms with Crippen molar-refractivity contribution >= 4 is 0 Å². The standard InChI is InChI=1S/C20H44NO/c1-5-22-20-18-16-14-12-10-8-6-7-9-11-13-15-17-19-21(2,3)4/h5-20H2,1-4H3/q+1. The van der Waals surface area contributed by atoms with E-state index in [0.29, 0.717) is 0 Å². The summed E-state index contributed by atoms with van der Waals surface area (Å²) in [4.78, 5) is 0. The maximum atomic E-state index is 5.36. The molecule has 0 amide bonds. The van der Waals surface area contributed by atoms with Crippen molar-refractivity contribution in [3.63, 3.8) is 0 Å². The number of rotatable bonds is 17. The fourth-order valence-corrected chi connectivity index (χ4v) is 2.88. The number of hydrogen-bond acceptors (Lipinski definition) is 1. The van der Waals surface area contributed by atoms with E-state index in [1.54, 1.807) is 0 Å². The molecule has 0 rings (SSSR count). The number of ether oxygens (including phenoxy) is 1. The van der Waals surface area contributed by atoms with Gasteiger partial charge in [-0.3, -0.25) is 0 Å². The lowest BCUT2D eigenvalue weighted by Crippen LogP contribution is -2.35. The summed E-state index contributed by atoms with van der Waals surface area (Å²) < 4.78 is 6.47. The van der Waals surface area contributed by atoms with Crippen molar-refractivity contribution in [2.75, 3.05) is 40.9 Å². The van der Waals surface area contributed by atoms with Gasteiger partial charge in [-0.15, -0.1) is 0 Å². The van der Waals surface area contributed by atoms with E-state index in [1.165, 1.54) is 90.0 Å². The molecule has 0 aromatic rings. The van der Waals surface area contributed by atoms with Crippen molar-refractivity contribution in [2.24, 2.45) is 0 Å². The van der Waals surface area contributed by atoms with Crippen LogP contribution in [0.5, 0.6) is 0 Å². The molecule has 0 fully saturated rings. The average Bonchev–Trinajstić information content (AvgIpc) is 2.45. The van der Waals surface area contributed by atoms with Crippen LogP contribution in [0.2, 0.25) is 0 Å². The summed E-state index contributed by atoms with van der Waals surface area (Å²) in [6, 6.07) is 0. The minimum Gasteiger partial charge on any atom is -0.382 e. The number of quaternary nitrogens is 1. The van der Waals surface area contributed by atoms with Crippen LogP contribution in [-0.2, 0) is 4.74 Å². The highest BCUT2D eigenvalue weighted by atomic mass is 16.5. The van der Waals surface area contributed by atoms with E-state index in [4.69, 9.17) is 4.74 Å². The maximum Gasteiger partial charge on any atom is 0.0780 e. The number of nitrogens with zero attached hydrogens (tertiary/aromatic N) is 1. The maximum absolute atomic E-state index is 5.36. The van der Waals surface area contributed by atoms with Gasteiger partial charge >= 0.3 is 0 Å². The summed E-state index contributed by atoms with van der Waals surface area (Å²) in [6.07, 6.45) is 18.4. The van der Waals surface area contributed by atoms with Crippen molar-refractivity contribution in [3.05, 3.63) is 0 Å². The van der Waals surface area contributed by atoms with E-state index in [2.05, 4.69) is 28.1 Å². The van der Waals surface area contributed by atoms with Crippen LogP contribution < -0.4 is 0 Å². The second-order valence-corrected chi connectivity index (χ2v) is 7.81. The highest BCUT2D eigenvalue weighted by Crippen LogP contribution is 2.12. The molecule has 0 N–H and O–H groups in total. The zero-order chi connectivity index (χ0) is 16.5. The van der Waals surface area contributed by atoms with E-state index in [-0.39, 0.29) is 0 Å². The molecule has 0 aromatic heterocycles. The number of hydrogen-bond donors (Lipinski definition) is 0. The molecule has 0 radical (unpaired) electrons. The third-order valence-corrected chi connectivity index (χ3v) is 4.32. The number of unbranched alkanes of at least 4 members (excludes halogenated alkanes) is 12. The Bertz CT molecular complexity index is 210. The van der Waals surface area contributed by atoms with Gasteiger partial charge in [-0.05, 0) is 26.2 Å². The van der Waals surface area contributed by atoms with Crippen molar-refractivity contribution < 1.29 is 9.22 Å². The van der Waals surface area contributed by atoms with E-state index < -0.39 is 0 Å². The van der Waals surface area contributed by atoms with Gasteiger partial charge in [-0.25, -0.2) is 0 Å². The molecule has 0 unspecified atom stereocenters. The minimum absolute atomic E-state index is 0.871. The molecule has 0 saturated heterocycles. The summed E-state index contributed by atoms with van der Waals surface area (Å²) in [5.41, 5.74) is 0. The topological polar surface area (TPSA) is 9.23 Å². The second-order valence-electron chi connectivity index (χ2n) is 7.81. The molecule has 0 aliphatic carbocycles.